The van der Waals surface area contributed by atoms with E-state index in [0.717, 1.165) is 37.9 Å². The first-order chi connectivity index (χ1) is 15.9. The average Bonchev–Trinajstić information content (AvgIpc) is 2.76. The van der Waals surface area contributed by atoms with Crippen molar-refractivity contribution in [3.05, 3.63) is 46.0 Å². The number of anilines is 1. The Morgan fingerprint density at radius 3 is 2.03 bits per heavy atom. The molecule has 3 aliphatic rings. The third-order valence-corrected chi connectivity index (χ3v) is 8.87. The van der Waals surface area contributed by atoms with E-state index in [1.54, 1.807) is 0 Å². The zero-order chi connectivity index (χ0) is 24.9. The van der Waals surface area contributed by atoms with Crippen LogP contribution in [0.1, 0.15) is 97.3 Å². The van der Waals surface area contributed by atoms with Gasteiger partial charge in [-0.3, -0.25) is 0 Å². The van der Waals surface area contributed by atoms with Crippen molar-refractivity contribution in [1.82, 2.24) is 0 Å². The van der Waals surface area contributed by atoms with Gasteiger partial charge in [0.2, 0.25) is 0 Å². The molecule has 1 aromatic carbocycles. The quantitative estimate of drug-likeness (QED) is 0.430. The number of benzene rings is 1. The topological polar surface area (TPSA) is 50.8 Å². The predicted octanol–water partition coefficient (Wildman–Crippen LogP) is 7.67. The minimum Gasteiger partial charge on any atom is -0.371 e. The molecule has 1 saturated carbocycles. The van der Waals surface area contributed by atoms with E-state index in [1.807, 2.05) is 0 Å². The molecular weight excluding hydrogens is 414 g/mol. The van der Waals surface area contributed by atoms with Gasteiger partial charge in [-0.15, -0.1) is 0 Å². The molecule has 0 amide bonds. The third kappa shape index (κ3) is 4.55. The van der Waals surface area contributed by atoms with Gasteiger partial charge >= 0.3 is 0 Å². The van der Waals surface area contributed by atoms with Crippen LogP contribution in [0.4, 0.5) is 5.69 Å². The molecule has 0 spiro atoms. The van der Waals surface area contributed by atoms with Crippen molar-refractivity contribution in [1.29, 1.82) is 10.5 Å². The number of nitrogens with zero attached hydrogens (tertiary/aromatic N) is 3. The van der Waals surface area contributed by atoms with Crippen LogP contribution >= 0.6 is 0 Å². The summed E-state index contributed by atoms with van der Waals surface area (Å²) in [6.45, 7) is 18.7. The highest BCUT2D eigenvalue weighted by Gasteiger charge is 2.40. The molecule has 0 aromatic heterocycles. The van der Waals surface area contributed by atoms with Gasteiger partial charge in [0, 0.05) is 18.8 Å². The second-order valence-electron chi connectivity index (χ2n) is 13.2. The zero-order valence-electron chi connectivity index (χ0n) is 22.3. The van der Waals surface area contributed by atoms with Crippen molar-refractivity contribution >= 4 is 11.8 Å². The number of hydrogen-bond acceptors (Lipinski definition) is 3. The molecule has 0 bridgehead atoms. The van der Waals surface area contributed by atoms with Gasteiger partial charge < -0.3 is 4.90 Å². The molecule has 2 heterocycles. The lowest BCUT2D eigenvalue weighted by atomic mass is 9.66. The molecule has 3 nitrogen and oxygen atoms in total. The Morgan fingerprint density at radius 1 is 0.971 bits per heavy atom. The van der Waals surface area contributed by atoms with Gasteiger partial charge in [-0.05, 0) is 94.6 Å². The summed E-state index contributed by atoms with van der Waals surface area (Å²) in [5.74, 6) is 0.827. The minimum absolute atomic E-state index is 0.154. The highest BCUT2D eigenvalue weighted by Crippen LogP contribution is 2.50. The van der Waals surface area contributed by atoms with Crippen molar-refractivity contribution in [2.75, 3.05) is 18.0 Å². The van der Waals surface area contributed by atoms with Gasteiger partial charge in [-0.25, -0.2) is 0 Å². The number of hydrogen-bond donors (Lipinski definition) is 0. The van der Waals surface area contributed by atoms with Crippen LogP contribution in [0.3, 0.4) is 0 Å². The Hall–Kier alpha value is -2.52. The molecule has 2 aliphatic heterocycles. The summed E-state index contributed by atoms with van der Waals surface area (Å²) in [6, 6.07) is 9.17. The largest absolute Gasteiger partial charge is 0.371 e. The maximum Gasteiger partial charge on any atom is 0.128 e. The molecule has 34 heavy (non-hydrogen) atoms. The lowest BCUT2D eigenvalue weighted by molar-refractivity contribution is 0.184. The van der Waals surface area contributed by atoms with Crippen LogP contribution in [-0.4, -0.2) is 13.1 Å². The van der Waals surface area contributed by atoms with Gasteiger partial charge in [0.15, 0.2) is 0 Å². The maximum absolute atomic E-state index is 9.50. The molecule has 0 radical (unpaired) electrons. The van der Waals surface area contributed by atoms with E-state index in [9.17, 15) is 10.5 Å². The lowest BCUT2D eigenvalue weighted by Crippen LogP contribution is -2.44. The van der Waals surface area contributed by atoms with Crippen molar-refractivity contribution in [3.63, 3.8) is 0 Å². The SMILES string of the molecule is CC1(C)CCN2CCC(C)(C)c3cc(/C=C/C4CC(=C(C#N)C#N)CC(C(C)(C)C)C4)cc1c32. The van der Waals surface area contributed by atoms with Crippen LogP contribution in [0, 0.1) is 39.9 Å². The predicted molar refractivity (Wildman–Crippen MR) is 142 cm³/mol. The van der Waals surface area contributed by atoms with Crippen molar-refractivity contribution in [2.24, 2.45) is 17.3 Å². The molecule has 1 aliphatic carbocycles. The molecule has 1 fully saturated rings. The van der Waals surface area contributed by atoms with Gasteiger partial charge in [-0.1, -0.05) is 60.6 Å². The molecule has 1 aromatic rings. The Labute approximate surface area is 207 Å². The molecular formula is C31H41N3. The number of allylic oxidation sites excluding steroid dienone is 3. The first-order valence-corrected chi connectivity index (χ1v) is 13.0. The molecule has 3 heteroatoms. The maximum atomic E-state index is 9.50. The molecule has 180 valence electrons. The van der Waals surface area contributed by atoms with Gasteiger partial charge in [-0.2, -0.15) is 10.5 Å². The molecule has 0 saturated heterocycles. The van der Waals surface area contributed by atoms with E-state index in [2.05, 4.69) is 89.8 Å². The summed E-state index contributed by atoms with van der Waals surface area (Å²) in [6.07, 6.45) is 9.87. The van der Waals surface area contributed by atoms with Crippen LogP contribution in [0.5, 0.6) is 0 Å². The lowest BCUT2D eigenvalue weighted by Gasteiger charge is -2.48. The average molecular weight is 456 g/mol. The van der Waals surface area contributed by atoms with Gasteiger partial charge in [0.25, 0.3) is 0 Å². The number of nitriles is 2. The van der Waals surface area contributed by atoms with Crippen LogP contribution in [0.15, 0.2) is 29.4 Å². The summed E-state index contributed by atoms with van der Waals surface area (Å²) >= 11 is 0. The third-order valence-electron chi connectivity index (χ3n) is 8.87. The molecule has 0 N–H and O–H groups in total. The molecule has 4 rings (SSSR count). The summed E-state index contributed by atoms with van der Waals surface area (Å²) in [5.41, 5.74) is 7.68. The minimum atomic E-state index is 0.154. The second kappa shape index (κ2) is 8.61. The molecule has 2 unspecified atom stereocenters. The van der Waals surface area contributed by atoms with E-state index < -0.39 is 0 Å². The van der Waals surface area contributed by atoms with Crippen molar-refractivity contribution in [2.45, 2.75) is 91.4 Å². The standard InChI is InChI=1S/C31H41N3/c1-29(2,3)25-15-21(14-23(18-25)24(19-32)20-33)8-9-22-16-26-28-27(17-22)31(6,7)11-13-34(28)12-10-30(26,4)5/h8-9,16-17,21,25H,10-15,18H2,1-7H3/b9-8+. The first-order valence-electron chi connectivity index (χ1n) is 13.0. The fraction of sp³-hybridized carbons (Fsp3) is 0.613. The summed E-state index contributed by atoms with van der Waals surface area (Å²) < 4.78 is 0. The van der Waals surface area contributed by atoms with E-state index in [1.165, 1.54) is 35.2 Å². The fourth-order valence-corrected chi connectivity index (χ4v) is 6.23. The normalized spacial score (nSPS) is 25.4. The highest BCUT2D eigenvalue weighted by atomic mass is 15.2. The van der Waals surface area contributed by atoms with Crippen molar-refractivity contribution < 1.29 is 0 Å². The summed E-state index contributed by atoms with van der Waals surface area (Å²) in [4.78, 5) is 2.62. The summed E-state index contributed by atoms with van der Waals surface area (Å²) in [7, 11) is 0. The van der Waals surface area contributed by atoms with Crippen LogP contribution in [-0.2, 0) is 10.8 Å². The summed E-state index contributed by atoms with van der Waals surface area (Å²) in [5, 5.41) is 19.0. The van der Waals surface area contributed by atoms with Crippen LogP contribution in [0.2, 0.25) is 0 Å². The second-order valence-corrected chi connectivity index (χ2v) is 13.2. The van der Waals surface area contributed by atoms with Gasteiger partial charge in [0.1, 0.15) is 17.7 Å². The number of rotatable bonds is 2. The Morgan fingerprint density at radius 2 is 1.53 bits per heavy atom. The van der Waals surface area contributed by atoms with E-state index in [0.29, 0.717) is 17.4 Å². The Balaban J connectivity index is 1.72. The Kier molecular flexibility index (Phi) is 6.23. The van der Waals surface area contributed by atoms with Crippen molar-refractivity contribution in [3.8, 4) is 12.1 Å². The van der Waals surface area contributed by atoms with Crippen LogP contribution in [0.25, 0.3) is 6.08 Å². The first kappa shape index (κ1) is 24.6. The highest BCUT2D eigenvalue weighted by molar-refractivity contribution is 5.71. The van der Waals surface area contributed by atoms with E-state index in [4.69, 9.17) is 0 Å². The Bertz CT molecular complexity index is 1050. The van der Waals surface area contributed by atoms with E-state index >= 15 is 0 Å². The van der Waals surface area contributed by atoms with Gasteiger partial charge in [0.05, 0.1) is 0 Å². The zero-order valence-corrected chi connectivity index (χ0v) is 22.3. The monoisotopic (exact) mass is 455 g/mol. The molecule has 2 atom stereocenters. The smallest absolute Gasteiger partial charge is 0.128 e. The van der Waals surface area contributed by atoms with E-state index in [-0.39, 0.29) is 16.2 Å². The van der Waals surface area contributed by atoms with Crippen LogP contribution < -0.4 is 4.90 Å². The fourth-order valence-electron chi connectivity index (χ4n) is 6.23.